The smallest absolute Gasteiger partial charge is 0.260 e. The van der Waals surface area contributed by atoms with E-state index in [9.17, 15) is 4.79 Å². The summed E-state index contributed by atoms with van der Waals surface area (Å²) in [4.78, 5) is 11.4. The average Bonchev–Trinajstić information content (AvgIpc) is 2.30. The number of likely N-dealkylation sites (N-methyl/N-ethyl adjacent to an activating group) is 1. The van der Waals surface area contributed by atoms with Gasteiger partial charge in [0, 0.05) is 6.54 Å². The van der Waals surface area contributed by atoms with Gasteiger partial charge in [-0.05, 0) is 31.5 Å². The van der Waals surface area contributed by atoms with Gasteiger partial charge in [-0.3, -0.25) is 4.79 Å². The highest BCUT2D eigenvalue weighted by Gasteiger charge is 2.12. The minimum atomic E-state index is -0.514. The van der Waals surface area contributed by atoms with Crippen LogP contribution in [0.2, 0.25) is 0 Å². The first-order chi connectivity index (χ1) is 7.67. The van der Waals surface area contributed by atoms with Crippen LogP contribution in [-0.2, 0) is 11.4 Å². The third-order valence-corrected chi connectivity index (χ3v) is 2.14. The first kappa shape index (κ1) is 12.5. The second-order valence-corrected chi connectivity index (χ2v) is 3.46. The van der Waals surface area contributed by atoms with Crippen molar-refractivity contribution < 1.29 is 14.6 Å². The molecule has 0 aliphatic rings. The van der Waals surface area contributed by atoms with Crippen molar-refractivity contribution in [1.82, 2.24) is 5.32 Å². The molecule has 1 rings (SSSR count). The Bertz CT molecular complexity index is 335. The SMILES string of the molecule is CCNC(=O)C(C)Oc1ccc(CO)cc1. The van der Waals surface area contributed by atoms with Crippen LogP contribution in [0.5, 0.6) is 5.75 Å². The molecule has 0 saturated heterocycles. The summed E-state index contributed by atoms with van der Waals surface area (Å²) in [5, 5.41) is 11.5. The van der Waals surface area contributed by atoms with Crippen molar-refractivity contribution in [2.75, 3.05) is 6.54 Å². The van der Waals surface area contributed by atoms with Crippen molar-refractivity contribution in [2.24, 2.45) is 0 Å². The maximum absolute atomic E-state index is 11.4. The number of nitrogens with one attached hydrogen (secondary N) is 1. The Morgan fingerprint density at radius 1 is 1.44 bits per heavy atom. The number of rotatable bonds is 5. The van der Waals surface area contributed by atoms with Crippen LogP contribution in [0.4, 0.5) is 0 Å². The molecular weight excluding hydrogens is 206 g/mol. The third kappa shape index (κ3) is 3.55. The molecule has 1 amide bonds. The number of hydrogen-bond donors (Lipinski definition) is 2. The first-order valence-corrected chi connectivity index (χ1v) is 5.31. The molecule has 4 nitrogen and oxygen atoms in total. The Morgan fingerprint density at radius 2 is 2.06 bits per heavy atom. The zero-order valence-corrected chi connectivity index (χ0v) is 9.56. The van der Waals surface area contributed by atoms with Gasteiger partial charge in [0.05, 0.1) is 6.61 Å². The van der Waals surface area contributed by atoms with E-state index in [2.05, 4.69) is 5.32 Å². The minimum absolute atomic E-state index is 0.00611. The van der Waals surface area contributed by atoms with Gasteiger partial charge in [0.2, 0.25) is 0 Å². The van der Waals surface area contributed by atoms with Gasteiger partial charge in [0.15, 0.2) is 6.10 Å². The molecule has 0 aromatic heterocycles. The van der Waals surface area contributed by atoms with Crippen LogP contribution in [0.25, 0.3) is 0 Å². The van der Waals surface area contributed by atoms with E-state index in [1.807, 2.05) is 6.92 Å². The zero-order valence-electron chi connectivity index (χ0n) is 9.56. The van der Waals surface area contributed by atoms with Crippen LogP contribution in [0.15, 0.2) is 24.3 Å². The topological polar surface area (TPSA) is 58.6 Å². The number of hydrogen-bond acceptors (Lipinski definition) is 3. The Kier molecular flexibility index (Phi) is 4.79. The van der Waals surface area contributed by atoms with E-state index >= 15 is 0 Å². The van der Waals surface area contributed by atoms with E-state index in [0.29, 0.717) is 12.3 Å². The Balaban J connectivity index is 2.55. The fourth-order valence-corrected chi connectivity index (χ4v) is 1.25. The summed E-state index contributed by atoms with van der Waals surface area (Å²) < 4.78 is 5.43. The molecule has 16 heavy (non-hydrogen) atoms. The van der Waals surface area contributed by atoms with E-state index in [-0.39, 0.29) is 12.5 Å². The fourth-order valence-electron chi connectivity index (χ4n) is 1.25. The normalized spacial score (nSPS) is 11.9. The summed E-state index contributed by atoms with van der Waals surface area (Å²) >= 11 is 0. The number of ether oxygens (including phenoxy) is 1. The van der Waals surface area contributed by atoms with Crippen molar-refractivity contribution in [3.05, 3.63) is 29.8 Å². The third-order valence-electron chi connectivity index (χ3n) is 2.14. The number of carbonyl (C=O) groups excluding carboxylic acids is 1. The highest BCUT2D eigenvalue weighted by Crippen LogP contribution is 2.13. The maximum Gasteiger partial charge on any atom is 0.260 e. The lowest BCUT2D eigenvalue weighted by molar-refractivity contribution is -0.127. The van der Waals surface area contributed by atoms with Crippen molar-refractivity contribution in [1.29, 1.82) is 0 Å². The van der Waals surface area contributed by atoms with Crippen LogP contribution < -0.4 is 10.1 Å². The quantitative estimate of drug-likeness (QED) is 0.785. The van der Waals surface area contributed by atoms with Crippen LogP contribution in [0.3, 0.4) is 0 Å². The summed E-state index contributed by atoms with van der Waals surface area (Å²) in [6, 6.07) is 7.00. The summed E-state index contributed by atoms with van der Waals surface area (Å²) in [7, 11) is 0. The summed E-state index contributed by atoms with van der Waals surface area (Å²) in [6.45, 7) is 4.16. The van der Waals surface area contributed by atoms with Crippen molar-refractivity contribution in [2.45, 2.75) is 26.6 Å². The van der Waals surface area contributed by atoms with Gasteiger partial charge in [0.1, 0.15) is 5.75 Å². The van der Waals surface area contributed by atoms with Crippen LogP contribution in [-0.4, -0.2) is 23.7 Å². The van der Waals surface area contributed by atoms with E-state index in [0.717, 1.165) is 5.56 Å². The van der Waals surface area contributed by atoms with Gasteiger partial charge in [-0.15, -0.1) is 0 Å². The second kappa shape index (κ2) is 6.12. The van der Waals surface area contributed by atoms with Crippen LogP contribution in [0, 0.1) is 0 Å². The predicted molar refractivity (Wildman–Crippen MR) is 61.1 cm³/mol. The lowest BCUT2D eigenvalue weighted by Crippen LogP contribution is -2.36. The molecule has 0 fully saturated rings. The first-order valence-electron chi connectivity index (χ1n) is 5.31. The average molecular weight is 223 g/mol. The van der Waals surface area contributed by atoms with Gasteiger partial charge >= 0.3 is 0 Å². The van der Waals surface area contributed by atoms with Crippen molar-refractivity contribution >= 4 is 5.91 Å². The molecule has 2 N–H and O–H groups in total. The molecule has 0 bridgehead atoms. The molecule has 1 unspecified atom stereocenters. The van der Waals surface area contributed by atoms with E-state index in [4.69, 9.17) is 9.84 Å². The van der Waals surface area contributed by atoms with Gasteiger partial charge in [0.25, 0.3) is 5.91 Å². The summed E-state index contributed by atoms with van der Waals surface area (Å²) in [6.07, 6.45) is -0.514. The van der Waals surface area contributed by atoms with Crippen molar-refractivity contribution in [3.63, 3.8) is 0 Å². The summed E-state index contributed by atoms with van der Waals surface area (Å²) in [5.74, 6) is 0.490. The number of carbonyl (C=O) groups is 1. The molecule has 0 saturated carbocycles. The Labute approximate surface area is 95.2 Å². The number of aliphatic hydroxyl groups is 1. The molecule has 4 heteroatoms. The molecule has 0 aliphatic carbocycles. The van der Waals surface area contributed by atoms with E-state index < -0.39 is 6.10 Å². The van der Waals surface area contributed by atoms with Crippen LogP contribution >= 0.6 is 0 Å². The van der Waals surface area contributed by atoms with Gasteiger partial charge in [-0.2, -0.15) is 0 Å². The van der Waals surface area contributed by atoms with Gasteiger partial charge < -0.3 is 15.2 Å². The molecule has 1 aromatic rings. The maximum atomic E-state index is 11.4. The molecule has 0 radical (unpaired) electrons. The highest BCUT2D eigenvalue weighted by atomic mass is 16.5. The Hall–Kier alpha value is -1.55. The molecule has 88 valence electrons. The number of amides is 1. The van der Waals surface area contributed by atoms with Gasteiger partial charge in [-0.1, -0.05) is 12.1 Å². The molecule has 1 atom stereocenters. The number of benzene rings is 1. The standard InChI is InChI=1S/C12H17NO3/c1-3-13-12(15)9(2)16-11-6-4-10(8-14)5-7-11/h4-7,9,14H,3,8H2,1-2H3,(H,13,15). The van der Waals surface area contributed by atoms with Crippen molar-refractivity contribution in [3.8, 4) is 5.75 Å². The van der Waals surface area contributed by atoms with E-state index in [1.165, 1.54) is 0 Å². The fraction of sp³-hybridized carbons (Fsp3) is 0.417. The lowest BCUT2D eigenvalue weighted by atomic mass is 10.2. The van der Waals surface area contributed by atoms with E-state index in [1.54, 1.807) is 31.2 Å². The lowest BCUT2D eigenvalue weighted by Gasteiger charge is -2.14. The number of aliphatic hydroxyl groups excluding tert-OH is 1. The zero-order chi connectivity index (χ0) is 12.0. The molecule has 0 heterocycles. The molecule has 0 spiro atoms. The van der Waals surface area contributed by atoms with Gasteiger partial charge in [-0.25, -0.2) is 0 Å². The highest BCUT2D eigenvalue weighted by molar-refractivity contribution is 5.80. The molecule has 0 aliphatic heterocycles. The molecule has 1 aromatic carbocycles. The molecular formula is C12H17NO3. The Morgan fingerprint density at radius 3 is 2.56 bits per heavy atom. The largest absolute Gasteiger partial charge is 0.481 e. The summed E-state index contributed by atoms with van der Waals surface area (Å²) in [5.41, 5.74) is 0.818. The minimum Gasteiger partial charge on any atom is -0.481 e. The second-order valence-electron chi connectivity index (χ2n) is 3.46. The monoisotopic (exact) mass is 223 g/mol. The predicted octanol–water partition coefficient (Wildman–Crippen LogP) is 1.08. The van der Waals surface area contributed by atoms with Crippen LogP contribution in [0.1, 0.15) is 19.4 Å².